The molecule has 0 spiro atoms. The van der Waals surface area contributed by atoms with Crippen LogP contribution in [0.1, 0.15) is 28.1 Å². The van der Waals surface area contributed by atoms with Crippen LogP contribution in [0.25, 0.3) is 16.0 Å². The van der Waals surface area contributed by atoms with E-state index < -0.39 is 0 Å². The molecule has 1 N–H and O–H groups in total. The summed E-state index contributed by atoms with van der Waals surface area (Å²) in [6.45, 7) is 5.17. The number of carbonyl (C=O) groups excluding carboxylic acids is 1. The largest absolute Gasteiger partial charge is 0.381 e. The molecule has 5 rings (SSSR count). The molecule has 1 aromatic carbocycles. The van der Waals surface area contributed by atoms with E-state index in [0.717, 1.165) is 55.1 Å². The number of halogens is 2. The fourth-order valence-electron chi connectivity index (χ4n) is 4.14. The Hall–Kier alpha value is -1.46. The molecule has 2 aromatic heterocycles. The Morgan fingerprint density at radius 3 is 2.73 bits per heavy atom. The van der Waals surface area contributed by atoms with Crippen molar-refractivity contribution in [3.05, 3.63) is 34.8 Å². The lowest BCUT2D eigenvalue weighted by molar-refractivity contribution is -0.0542. The first-order valence-electron chi connectivity index (χ1n) is 10.8. The molecule has 8 nitrogen and oxygen atoms in total. The average Bonchev–Trinajstić information content (AvgIpc) is 3.51. The highest BCUT2D eigenvalue weighted by Gasteiger charge is 2.23. The molecule has 182 valence electrons. The average molecular weight is 517 g/mol. The zero-order valence-electron chi connectivity index (χ0n) is 18.5. The Labute approximate surface area is 209 Å². The van der Waals surface area contributed by atoms with E-state index in [1.807, 2.05) is 10.6 Å². The molecule has 0 aliphatic carbocycles. The second-order valence-corrected chi connectivity index (χ2v) is 9.24. The number of thiazole rings is 1. The first-order valence-corrected chi connectivity index (χ1v) is 11.7. The number of nitrogens with zero attached hydrogens (tertiary/aromatic N) is 3. The zero-order chi connectivity index (χ0) is 21.2. The summed E-state index contributed by atoms with van der Waals surface area (Å²) in [7, 11) is 1.77. The Balaban J connectivity index is 0.00000153. The van der Waals surface area contributed by atoms with Gasteiger partial charge in [0.25, 0.3) is 5.91 Å². The van der Waals surface area contributed by atoms with Crippen LogP contribution < -0.4 is 5.32 Å². The predicted octanol–water partition coefficient (Wildman–Crippen LogP) is 3.35. The van der Waals surface area contributed by atoms with Gasteiger partial charge in [0.1, 0.15) is 4.88 Å². The predicted molar refractivity (Wildman–Crippen MR) is 133 cm³/mol. The lowest BCUT2D eigenvalue weighted by Gasteiger charge is -2.22. The first kappa shape index (κ1) is 26.2. The van der Waals surface area contributed by atoms with Gasteiger partial charge < -0.3 is 24.4 Å². The van der Waals surface area contributed by atoms with Gasteiger partial charge in [0.05, 0.1) is 30.8 Å². The molecule has 0 radical (unpaired) electrons. The monoisotopic (exact) mass is 516 g/mol. The van der Waals surface area contributed by atoms with Crippen molar-refractivity contribution in [1.82, 2.24) is 19.6 Å². The van der Waals surface area contributed by atoms with Crippen molar-refractivity contribution in [2.24, 2.45) is 5.92 Å². The van der Waals surface area contributed by atoms with E-state index in [9.17, 15) is 4.79 Å². The van der Waals surface area contributed by atoms with Gasteiger partial charge in [0, 0.05) is 33.0 Å². The van der Waals surface area contributed by atoms with E-state index in [4.69, 9.17) is 19.2 Å². The van der Waals surface area contributed by atoms with Gasteiger partial charge in [-0.25, -0.2) is 4.98 Å². The molecule has 11 heteroatoms. The summed E-state index contributed by atoms with van der Waals surface area (Å²) in [5.74, 6) is 0.652. The third-order valence-corrected chi connectivity index (χ3v) is 6.91. The molecule has 2 saturated heterocycles. The summed E-state index contributed by atoms with van der Waals surface area (Å²) >= 11 is 1.41. The molecule has 0 saturated carbocycles. The van der Waals surface area contributed by atoms with Crippen LogP contribution in [-0.4, -0.2) is 73.0 Å². The number of amides is 1. The van der Waals surface area contributed by atoms with Crippen molar-refractivity contribution in [1.29, 1.82) is 0 Å². The number of fused-ring (bicyclic) bond motifs is 3. The second-order valence-electron chi connectivity index (χ2n) is 8.23. The quantitative estimate of drug-likeness (QED) is 0.518. The highest BCUT2D eigenvalue weighted by molar-refractivity contribution is 7.18. The number of carbonyl (C=O) groups is 1. The molecule has 4 heterocycles. The standard InChI is InChI=1S/C22H28N4O4S.2ClH/c1-25(14-20-29-8-9-30-20)21(27)19-13-26-18-10-16(2-3-17(18)24-22(26)31-19)12-23-11-15-4-6-28-7-5-15;;/h2-3,10,13,15,20,23H,4-9,11-12,14H2,1H3;2*1H. The maximum Gasteiger partial charge on any atom is 0.265 e. The smallest absolute Gasteiger partial charge is 0.265 e. The van der Waals surface area contributed by atoms with Crippen LogP contribution in [0, 0.1) is 5.92 Å². The Morgan fingerprint density at radius 2 is 1.97 bits per heavy atom. The molecular weight excluding hydrogens is 487 g/mol. The molecule has 3 aromatic rings. The van der Waals surface area contributed by atoms with Crippen molar-refractivity contribution in [3.8, 4) is 0 Å². The van der Waals surface area contributed by atoms with Crippen LogP contribution in [0.5, 0.6) is 0 Å². The molecule has 2 fully saturated rings. The number of imidazole rings is 1. The normalized spacial score (nSPS) is 17.2. The van der Waals surface area contributed by atoms with Gasteiger partial charge in [0.15, 0.2) is 11.3 Å². The molecule has 2 aliphatic heterocycles. The molecule has 1 amide bonds. The highest BCUT2D eigenvalue weighted by atomic mass is 35.5. The number of aromatic nitrogens is 2. The lowest BCUT2D eigenvalue weighted by Crippen LogP contribution is -2.34. The maximum atomic E-state index is 12.9. The maximum absolute atomic E-state index is 12.9. The van der Waals surface area contributed by atoms with Gasteiger partial charge in [-0.3, -0.25) is 9.20 Å². The topological polar surface area (TPSA) is 77.3 Å². The van der Waals surface area contributed by atoms with Crippen LogP contribution in [0.15, 0.2) is 24.4 Å². The summed E-state index contributed by atoms with van der Waals surface area (Å²) in [4.78, 5) is 20.7. The minimum absolute atomic E-state index is 0. The van der Waals surface area contributed by atoms with E-state index in [1.54, 1.807) is 11.9 Å². The number of hydrogen-bond acceptors (Lipinski definition) is 7. The summed E-state index contributed by atoms with van der Waals surface area (Å²) in [6.07, 6.45) is 3.82. The van der Waals surface area contributed by atoms with Gasteiger partial charge in [-0.05, 0) is 43.0 Å². The van der Waals surface area contributed by atoms with Crippen LogP contribution in [0.4, 0.5) is 0 Å². The molecule has 0 bridgehead atoms. The van der Waals surface area contributed by atoms with Gasteiger partial charge in [-0.1, -0.05) is 17.4 Å². The fourth-order valence-corrected chi connectivity index (χ4v) is 5.13. The number of benzene rings is 1. The summed E-state index contributed by atoms with van der Waals surface area (Å²) < 4.78 is 18.4. The van der Waals surface area contributed by atoms with E-state index in [-0.39, 0.29) is 37.0 Å². The van der Waals surface area contributed by atoms with Crippen molar-refractivity contribution in [3.63, 3.8) is 0 Å². The number of likely N-dealkylation sites (N-methyl/N-ethyl adjacent to an activating group) is 1. The first-order chi connectivity index (χ1) is 15.2. The van der Waals surface area contributed by atoms with Crippen molar-refractivity contribution >= 4 is 58.1 Å². The molecule has 0 unspecified atom stereocenters. The van der Waals surface area contributed by atoms with Crippen LogP contribution >= 0.6 is 36.2 Å². The molecule has 0 atom stereocenters. The van der Waals surface area contributed by atoms with Gasteiger partial charge in [0.2, 0.25) is 0 Å². The van der Waals surface area contributed by atoms with Gasteiger partial charge >= 0.3 is 0 Å². The van der Waals surface area contributed by atoms with Gasteiger partial charge in [-0.15, -0.1) is 24.8 Å². The zero-order valence-corrected chi connectivity index (χ0v) is 21.0. The summed E-state index contributed by atoms with van der Waals surface area (Å²) in [5, 5.41) is 3.58. The van der Waals surface area contributed by atoms with E-state index in [0.29, 0.717) is 30.6 Å². The molecule has 33 heavy (non-hydrogen) atoms. The van der Waals surface area contributed by atoms with Crippen molar-refractivity contribution in [2.75, 3.05) is 46.6 Å². The summed E-state index contributed by atoms with van der Waals surface area (Å²) in [5.41, 5.74) is 3.19. The third kappa shape index (κ3) is 5.97. The van der Waals surface area contributed by atoms with E-state index >= 15 is 0 Å². The fraction of sp³-hybridized carbons (Fsp3) is 0.545. The number of nitrogens with one attached hydrogen (secondary N) is 1. The van der Waals surface area contributed by atoms with Crippen LogP contribution in [0.3, 0.4) is 0 Å². The van der Waals surface area contributed by atoms with E-state index in [1.165, 1.54) is 16.9 Å². The SMILES string of the molecule is CN(CC1OCCO1)C(=O)c1cn2c(nc3ccc(CNCC4CCOCC4)cc32)s1.Cl.Cl. The van der Waals surface area contributed by atoms with Crippen LogP contribution in [-0.2, 0) is 20.8 Å². The molecule has 2 aliphatic rings. The minimum atomic E-state index is -0.338. The van der Waals surface area contributed by atoms with Crippen LogP contribution in [0.2, 0.25) is 0 Å². The molecular formula is C22H30Cl2N4O4S. The number of hydrogen-bond donors (Lipinski definition) is 1. The Kier molecular flexibility index (Phi) is 9.34. The highest BCUT2D eigenvalue weighted by Crippen LogP contribution is 2.26. The Morgan fingerprint density at radius 1 is 1.21 bits per heavy atom. The number of ether oxygens (including phenoxy) is 3. The van der Waals surface area contributed by atoms with Crippen molar-refractivity contribution < 1.29 is 19.0 Å². The Bertz CT molecular complexity index is 1060. The second kappa shape index (κ2) is 11.8. The van der Waals surface area contributed by atoms with Crippen molar-refractivity contribution in [2.45, 2.75) is 25.7 Å². The minimum Gasteiger partial charge on any atom is -0.381 e. The third-order valence-electron chi connectivity index (χ3n) is 5.94. The van der Waals surface area contributed by atoms with E-state index in [2.05, 4.69) is 23.5 Å². The lowest BCUT2D eigenvalue weighted by atomic mass is 10.0. The van der Waals surface area contributed by atoms with Gasteiger partial charge in [-0.2, -0.15) is 0 Å². The number of rotatable bonds is 7. The summed E-state index contributed by atoms with van der Waals surface area (Å²) in [6, 6.07) is 6.35.